The molecule has 140 valence electrons. The number of hydrogen-bond donors (Lipinski definition) is 0. The molecule has 0 unspecified atom stereocenters. The molecule has 0 aliphatic carbocycles. The van der Waals surface area contributed by atoms with Gasteiger partial charge < -0.3 is 14.5 Å². The van der Waals surface area contributed by atoms with Gasteiger partial charge in [0.05, 0.1) is 12.2 Å². The largest absolute Gasteiger partial charge is 0.492 e. The first kappa shape index (κ1) is 17.7. The first-order chi connectivity index (χ1) is 13.0. The van der Waals surface area contributed by atoms with E-state index in [0.29, 0.717) is 35.9 Å². The van der Waals surface area contributed by atoms with Crippen LogP contribution in [-0.2, 0) is 0 Å². The van der Waals surface area contributed by atoms with E-state index in [-0.39, 0.29) is 11.7 Å². The van der Waals surface area contributed by atoms with E-state index in [1.54, 1.807) is 0 Å². The molecule has 2 aromatic carbocycles. The van der Waals surface area contributed by atoms with Gasteiger partial charge in [0.2, 0.25) is 0 Å². The Balaban J connectivity index is 1.58. The van der Waals surface area contributed by atoms with Gasteiger partial charge >= 0.3 is 0 Å². The maximum absolute atomic E-state index is 12.9. The standard InChI is InChI=1S/C22H24N2O3/c1-23(2)18-8-10-24(14-18)22(26)17-5-3-4-15(12-17)16-6-7-19-20(25)9-11-27-21(19)13-16/h3-7,12-13,18H,8-11,14H2,1-2H3/t18-/m0/s1. The highest BCUT2D eigenvalue weighted by Gasteiger charge is 2.28. The van der Waals surface area contributed by atoms with Crippen LogP contribution >= 0.6 is 0 Å². The monoisotopic (exact) mass is 364 g/mol. The first-order valence-corrected chi connectivity index (χ1v) is 9.39. The normalized spacial score (nSPS) is 19.1. The van der Waals surface area contributed by atoms with Crippen molar-refractivity contribution in [1.82, 2.24) is 9.80 Å². The van der Waals surface area contributed by atoms with E-state index in [9.17, 15) is 9.59 Å². The average Bonchev–Trinajstić information content (AvgIpc) is 3.18. The lowest BCUT2D eigenvalue weighted by molar-refractivity contribution is 0.0782. The van der Waals surface area contributed by atoms with Gasteiger partial charge in [-0.15, -0.1) is 0 Å². The van der Waals surface area contributed by atoms with Crippen LogP contribution in [0.15, 0.2) is 42.5 Å². The Morgan fingerprint density at radius 3 is 2.74 bits per heavy atom. The number of carbonyl (C=O) groups is 2. The molecular weight excluding hydrogens is 340 g/mol. The zero-order valence-corrected chi connectivity index (χ0v) is 15.8. The van der Waals surface area contributed by atoms with Crippen molar-refractivity contribution in [3.63, 3.8) is 0 Å². The summed E-state index contributed by atoms with van der Waals surface area (Å²) in [4.78, 5) is 29.0. The molecule has 2 aromatic rings. The predicted molar refractivity (Wildman–Crippen MR) is 104 cm³/mol. The molecule has 1 amide bonds. The molecular formula is C22H24N2O3. The fourth-order valence-electron chi connectivity index (χ4n) is 3.80. The molecule has 0 spiro atoms. The number of nitrogens with zero attached hydrogens (tertiary/aromatic N) is 2. The molecule has 0 N–H and O–H groups in total. The third kappa shape index (κ3) is 3.47. The zero-order chi connectivity index (χ0) is 19.0. The SMILES string of the molecule is CN(C)[C@H]1CCN(C(=O)c2cccc(-c3ccc4c(c3)OCCC4=O)c2)C1. The number of hydrogen-bond acceptors (Lipinski definition) is 4. The topological polar surface area (TPSA) is 49.9 Å². The molecule has 5 heteroatoms. The Morgan fingerprint density at radius 1 is 1.15 bits per heavy atom. The number of Topliss-reactive ketones (excluding diaryl/α,β-unsaturated/α-hetero) is 1. The molecule has 4 rings (SSSR count). The van der Waals surface area contributed by atoms with Crippen LogP contribution in [0, 0.1) is 0 Å². The Kier molecular flexibility index (Phi) is 4.70. The van der Waals surface area contributed by atoms with Crippen molar-refractivity contribution in [3.8, 4) is 16.9 Å². The summed E-state index contributed by atoms with van der Waals surface area (Å²) in [5.41, 5.74) is 3.24. The van der Waals surface area contributed by atoms with Crippen molar-refractivity contribution < 1.29 is 14.3 Å². The van der Waals surface area contributed by atoms with Gasteiger partial charge in [-0.05, 0) is 55.9 Å². The summed E-state index contributed by atoms with van der Waals surface area (Å²) < 4.78 is 5.65. The van der Waals surface area contributed by atoms with Crippen molar-refractivity contribution in [1.29, 1.82) is 0 Å². The second kappa shape index (κ2) is 7.16. The number of amides is 1. The highest BCUT2D eigenvalue weighted by atomic mass is 16.5. The van der Waals surface area contributed by atoms with E-state index in [4.69, 9.17) is 4.74 Å². The molecule has 5 nitrogen and oxygen atoms in total. The van der Waals surface area contributed by atoms with Crippen molar-refractivity contribution in [2.75, 3.05) is 33.8 Å². The van der Waals surface area contributed by atoms with Gasteiger partial charge in [-0.3, -0.25) is 9.59 Å². The van der Waals surface area contributed by atoms with Crippen LogP contribution in [-0.4, -0.2) is 61.3 Å². The lowest BCUT2D eigenvalue weighted by Gasteiger charge is -2.21. The van der Waals surface area contributed by atoms with Crippen LogP contribution < -0.4 is 4.74 Å². The Morgan fingerprint density at radius 2 is 1.96 bits per heavy atom. The van der Waals surface area contributed by atoms with Crippen LogP contribution in [0.4, 0.5) is 0 Å². The maximum atomic E-state index is 12.9. The quantitative estimate of drug-likeness (QED) is 0.840. The van der Waals surface area contributed by atoms with E-state index in [1.165, 1.54) is 0 Å². The second-order valence-electron chi connectivity index (χ2n) is 7.47. The summed E-state index contributed by atoms with van der Waals surface area (Å²) in [5, 5.41) is 0. The molecule has 0 saturated carbocycles. The number of ether oxygens (including phenoxy) is 1. The summed E-state index contributed by atoms with van der Waals surface area (Å²) in [5.74, 6) is 0.829. The maximum Gasteiger partial charge on any atom is 0.253 e. The third-order valence-electron chi connectivity index (χ3n) is 5.49. The number of ketones is 1. The van der Waals surface area contributed by atoms with E-state index in [1.807, 2.05) is 47.4 Å². The Hall–Kier alpha value is -2.66. The summed E-state index contributed by atoms with van der Waals surface area (Å²) >= 11 is 0. The molecule has 0 aromatic heterocycles. The van der Waals surface area contributed by atoms with E-state index in [2.05, 4.69) is 19.0 Å². The lowest BCUT2D eigenvalue weighted by atomic mass is 9.98. The molecule has 1 fully saturated rings. The zero-order valence-electron chi connectivity index (χ0n) is 15.8. The average molecular weight is 364 g/mol. The first-order valence-electron chi connectivity index (χ1n) is 9.39. The summed E-state index contributed by atoms with van der Waals surface area (Å²) in [6.07, 6.45) is 1.44. The van der Waals surface area contributed by atoms with Crippen LogP contribution in [0.1, 0.15) is 33.6 Å². The van der Waals surface area contributed by atoms with Crippen LogP contribution in [0.25, 0.3) is 11.1 Å². The summed E-state index contributed by atoms with van der Waals surface area (Å²) in [7, 11) is 4.12. The number of benzene rings is 2. The van der Waals surface area contributed by atoms with E-state index < -0.39 is 0 Å². The summed E-state index contributed by atoms with van der Waals surface area (Å²) in [6, 6.07) is 13.8. The van der Waals surface area contributed by atoms with Crippen molar-refractivity contribution in [2.24, 2.45) is 0 Å². The number of rotatable bonds is 3. The van der Waals surface area contributed by atoms with Gasteiger partial charge in [0, 0.05) is 31.1 Å². The molecule has 27 heavy (non-hydrogen) atoms. The van der Waals surface area contributed by atoms with Crippen LogP contribution in [0.3, 0.4) is 0 Å². The minimum Gasteiger partial charge on any atom is -0.492 e. The molecule has 2 heterocycles. The van der Waals surface area contributed by atoms with Crippen LogP contribution in [0.5, 0.6) is 5.75 Å². The van der Waals surface area contributed by atoms with E-state index >= 15 is 0 Å². The van der Waals surface area contributed by atoms with Gasteiger partial charge in [0.25, 0.3) is 5.91 Å². The van der Waals surface area contributed by atoms with Gasteiger partial charge in [-0.1, -0.05) is 18.2 Å². The van der Waals surface area contributed by atoms with Crippen molar-refractivity contribution in [3.05, 3.63) is 53.6 Å². The smallest absolute Gasteiger partial charge is 0.253 e. The molecule has 2 aliphatic heterocycles. The Labute approximate surface area is 159 Å². The molecule has 1 saturated heterocycles. The fourth-order valence-corrected chi connectivity index (χ4v) is 3.80. The van der Waals surface area contributed by atoms with Crippen molar-refractivity contribution >= 4 is 11.7 Å². The predicted octanol–water partition coefficient (Wildman–Crippen LogP) is 3.09. The minimum absolute atomic E-state index is 0.0746. The summed E-state index contributed by atoms with van der Waals surface area (Å²) in [6.45, 7) is 1.99. The second-order valence-corrected chi connectivity index (χ2v) is 7.47. The van der Waals surface area contributed by atoms with E-state index in [0.717, 1.165) is 30.6 Å². The van der Waals surface area contributed by atoms with Gasteiger partial charge in [-0.2, -0.15) is 0 Å². The van der Waals surface area contributed by atoms with Crippen molar-refractivity contribution in [2.45, 2.75) is 18.9 Å². The van der Waals surface area contributed by atoms with Crippen LogP contribution in [0.2, 0.25) is 0 Å². The number of likely N-dealkylation sites (N-methyl/N-ethyl adjacent to an activating group) is 1. The lowest BCUT2D eigenvalue weighted by Crippen LogP contribution is -2.34. The molecule has 2 aliphatic rings. The Bertz CT molecular complexity index is 891. The van der Waals surface area contributed by atoms with Gasteiger partial charge in [0.1, 0.15) is 5.75 Å². The number of carbonyl (C=O) groups excluding carboxylic acids is 2. The molecule has 1 atom stereocenters. The van der Waals surface area contributed by atoms with Gasteiger partial charge in [-0.25, -0.2) is 0 Å². The highest BCUT2D eigenvalue weighted by Crippen LogP contribution is 2.31. The fraction of sp³-hybridized carbons (Fsp3) is 0.364. The molecule has 0 bridgehead atoms. The number of fused-ring (bicyclic) bond motifs is 1. The van der Waals surface area contributed by atoms with Gasteiger partial charge in [0.15, 0.2) is 5.78 Å². The third-order valence-corrected chi connectivity index (χ3v) is 5.49. The minimum atomic E-state index is 0.0746. The highest BCUT2D eigenvalue weighted by molar-refractivity contribution is 6.00. The number of likely N-dealkylation sites (tertiary alicyclic amines) is 1. The molecule has 0 radical (unpaired) electrons.